The minimum Gasteiger partial charge on any atom is -0.323 e. The number of rotatable bonds is 5. The zero-order valence-corrected chi connectivity index (χ0v) is 14.2. The van der Waals surface area contributed by atoms with Gasteiger partial charge in [0.1, 0.15) is 11.3 Å². The van der Waals surface area contributed by atoms with E-state index in [0.29, 0.717) is 5.92 Å². The van der Waals surface area contributed by atoms with Crippen LogP contribution in [0.5, 0.6) is 0 Å². The van der Waals surface area contributed by atoms with E-state index in [1.807, 2.05) is 0 Å². The molecule has 2 aromatic rings. The Morgan fingerprint density at radius 2 is 1.95 bits per heavy atom. The summed E-state index contributed by atoms with van der Waals surface area (Å²) >= 11 is 0. The summed E-state index contributed by atoms with van der Waals surface area (Å²) in [6.45, 7) is 7.42. The van der Waals surface area contributed by atoms with Crippen molar-refractivity contribution < 1.29 is 0 Å². The lowest BCUT2D eigenvalue weighted by molar-refractivity contribution is 0.422. The standard InChI is InChI=1S/C18H28N4/c1-4-5-11-19-22-17(15-9-7-6-8-10-15)21-16-13(2)12-14(3)20-18(16)22/h12,15,19H,4-11H2,1-3H3. The third-order valence-electron chi connectivity index (χ3n) is 4.73. The number of nitrogens with zero attached hydrogens (tertiary/aromatic N) is 3. The first kappa shape index (κ1) is 15.3. The molecule has 0 aromatic carbocycles. The van der Waals surface area contributed by atoms with Crippen molar-refractivity contribution in [2.45, 2.75) is 71.6 Å². The maximum atomic E-state index is 4.99. The van der Waals surface area contributed by atoms with E-state index in [-0.39, 0.29) is 0 Å². The lowest BCUT2D eigenvalue weighted by Gasteiger charge is -2.22. The SMILES string of the molecule is CCCCNn1c(C2CCCCC2)nc2c(C)cc(C)nc21. The van der Waals surface area contributed by atoms with E-state index in [1.165, 1.54) is 56.3 Å². The summed E-state index contributed by atoms with van der Waals surface area (Å²) in [4.78, 5) is 9.76. The molecule has 0 unspecified atom stereocenters. The molecule has 1 N–H and O–H groups in total. The van der Waals surface area contributed by atoms with E-state index >= 15 is 0 Å². The number of aromatic nitrogens is 3. The summed E-state index contributed by atoms with van der Waals surface area (Å²) < 4.78 is 2.20. The van der Waals surface area contributed by atoms with E-state index in [9.17, 15) is 0 Å². The first-order valence-corrected chi connectivity index (χ1v) is 8.81. The second-order valence-electron chi connectivity index (χ2n) is 6.65. The average Bonchev–Trinajstić information content (AvgIpc) is 2.88. The highest BCUT2D eigenvalue weighted by Gasteiger charge is 2.23. The number of imidazole rings is 1. The Morgan fingerprint density at radius 1 is 1.18 bits per heavy atom. The Hall–Kier alpha value is -1.58. The zero-order valence-electron chi connectivity index (χ0n) is 14.2. The topological polar surface area (TPSA) is 42.7 Å². The minimum atomic E-state index is 0.580. The van der Waals surface area contributed by atoms with Gasteiger partial charge in [-0.2, -0.15) is 0 Å². The van der Waals surface area contributed by atoms with Crippen molar-refractivity contribution in [3.8, 4) is 0 Å². The Kier molecular flexibility index (Phi) is 4.65. The third-order valence-corrected chi connectivity index (χ3v) is 4.73. The summed E-state index contributed by atoms with van der Waals surface area (Å²) in [5.41, 5.74) is 7.95. The Balaban J connectivity index is 2.04. The highest BCUT2D eigenvalue weighted by atomic mass is 15.5. The van der Waals surface area contributed by atoms with E-state index in [2.05, 4.69) is 36.9 Å². The van der Waals surface area contributed by atoms with Gasteiger partial charge in [-0.3, -0.25) is 0 Å². The second-order valence-corrected chi connectivity index (χ2v) is 6.65. The maximum absolute atomic E-state index is 4.99. The molecule has 1 fully saturated rings. The van der Waals surface area contributed by atoms with Crippen molar-refractivity contribution in [2.75, 3.05) is 12.0 Å². The van der Waals surface area contributed by atoms with Crippen LogP contribution in [0.1, 0.15) is 74.9 Å². The Bertz CT molecular complexity index is 638. The van der Waals surface area contributed by atoms with Crippen LogP contribution in [0.3, 0.4) is 0 Å². The molecule has 1 saturated carbocycles. The van der Waals surface area contributed by atoms with Gasteiger partial charge in [-0.05, 0) is 44.7 Å². The highest BCUT2D eigenvalue weighted by molar-refractivity contribution is 5.76. The van der Waals surface area contributed by atoms with Gasteiger partial charge in [0, 0.05) is 18.2 Å². The van der Waals surface area contributed by atoms with E-state index < -0.39 is 0 Å². The molecule has 1 aliphatic carbocycles. The molecule has 4 nitrogen and oxygen atoms in total. The predicted molar refractivity (Wildman–Crippen MR) is 92.0 cm³/mol. The van der Waals surface area contributed by atoms with Gasteiger partial charge in [0.05, 0.1) is 0 Å². The molecule has 0 aliphatic heterocycles. The number of fused-ring (bicyclic) bond motifs is 1. The van der Waals surface area contributed by atoms with Gasteiger partial charge in [0.2, 0.25) is 0 Å². The molecule has 3 rings (SSSR count). The van der Waals surface area contributed by atoms with Crippen LogP contribution in [0.15, 0.2) is 6.07 Å². The molecule has 0 atom stereocenters. The predicted octanol–water partition coefficient (Wildman–Crippen LogP) is 4.44. The fraction of sp³-hybridized carbons (Fsp3) is 0.667. The van der Waals surface area contributed by atoms with Crippen LogP contribution in [0.4, 0.5) is 0 Å². The van der Waals surface area contributed by atoms with Gasteiger partial charge in [-0.25, -0.2) is 14.6 Å². The first-order valence-electron chi connectivity index (χ1n) is 8.81. The molecule has 2 aromatic heterocycles. The number of hydrogen-bond donors (Lipinski definition) is 1. The van der Waals surface area contributed by atoms with Gasteiger partial charge in [0.25, 0.3) is 0 Å². The normalized spacial score (nSPS) is 16.3. The van der Waals surface area contributed by atoms with Gasteiger partial charge in [-0.15, -0.1) is 0 Å². The number of hydrogen-bond acceptors (Lipinski definition) is 3. The van der Waals surface area contributed by atoms with Gasteiger partial charge < -0.3 is 5.43 Å². The quantitative estimate of drug-likeness (QED) is 0.830. The smallest absolute Gasteiger partial charge is 0.179 e. The fourth-order valence-corrected chi connectivity index (χ4v) is 3.54. The lowest BCUT2D eigenvalue weighted by atomic mass is 9.89. The molecular weight excluding hydrogens is 272 g/mol. The second kappa shape index (κ2) is 6.67. The number of pyridine rings is 1. The summed E-state index contributed by atoms with van der Waals surface area (Å²) in [6, 6.07) is 2.14. The van der Waals surface area contributed by atoms with Crippen molar-refractivity contribution in [3.63, 3.8) is 0 Å². The summed E-state index contributed by atoms with van der Waals surface area (Å²) in [6.07, 6.45) is 8.92. The van der Waals surface area contributed by atoms with Crippen LogP contribution in [0, 0.1) is 13.8 Å². The molecule has 4 heteroatoms. The third kappa shape index (κ3) is 2.96. The summed E-state index contributed by atoms with van der Waals surface area (Å²) in [5.74, 6) is 1.78. The minimum absolute atomic E-state index is 0.580. The van der Waals surface area contributed by atoms with Crippen LogP contribution in [-0.4, -0.2) is 21.2 Å². The van der Waals surface area contributed by atoms with E-state index in [1.54, 1.807) is 0 Å². The molecule has 0 bridgehead atoms. The van der Waals surface area contributed by atoms with Crippen LogP contribution >= 0.6 is 0 Å². The van der Waals surface area contributed by atoms with Crippen molar-refractivity contribution >= 4 is 11.2 Å². The summed E-state index contributed by atoms with van der Waals surface area (Å²) in [5, 5.41) is 0. The number of unbranched alkanes of at least 4 members (excludes halogenated alkanes) is 1. The van der Waals surface area contributed by atoms with Crippen LogP contribution < -0.4 is 5.43 Å². The fourth-order valence-electron chi connectivity index (χ4n) is 3.54. The van der Waals surface area contributed by atoms with Gasteiger partial charge in [-0.1, -0.05) is 32.6 Å². The first-order chi connectivity index (χ1) is 10.7. The molecule has 120 valence electrons. The molecule has 0 radical (unpaired) electrons. The van der Waals surface area contributed by atoms with Crippen molar-refractivity contribution in [2.24, 2.45) is 0 Å². The molecule has 22 heavy (non-hydrogen) atoms. The van der Waals surface area contributed by atoms with Crippen molar-refractivity contribution in [1.82, 2.24) is 14.6 Å². The van der Waals surface area contributed by atoms with E-state index in [4.69, 9.17) is 9.97 Å². The monoisotopic (exact) mass is 300 g/mol. The Morgan fingerprint density at radius 3 is 2.68 bits per heavy atom. The molecule has 0 saturated heterocycles. The van der Waals surface area contributed by atoms with Crippen LogP contribution in [-0.2, 0) is 0 Å². The summed E-state index contributed by atoms with van der Waals surface area (Å²) in [7, 11) is 0. The zero-order chi connectivity index (χ0) is 15.5. The molecule has 0 amide bonds. The largest absolute Gasteiger partial charge is 0.323 e. The van der Waals surface area contributed by atoms with Crippen LogP contribution in [0.2, 0.25) is 0 Å². The van der Waals surface area contributed by atoms with E-state index in [0.717, 1.165) is 23.4 Å². The lowest BCUT2D eigenvalue weighted by Crippen LogP contribution is -2.22. The Labute approximate surface area is 133 Å². The average molecular weight is 300 g/mol. The molecule has 0 spiro atoms. The number of aryl methyl sites for hydroxylation is 2. The number of nitrogens with one attached hydrogen (secondary N) is 1. The highest BCUT2D eigenvalue weighted by Crippen LogP contribution is 2.33. The molecule has 1 aliphatic rings. The van der Waals surface area contributed by atoms with Gasteiger partial charge >= 0.3 is 0 Å². The molecular formula is C18H28N4. The molecule has 2 heterocycles. The van der Waals surface area contributed by atoms with Crippen molar-refractivity contribution in [1.29, 1.82) is 0 Å². The maximum Gasteiger partial charge on any atom is 0.179 e. The van der Waals surface area contributed by atoms with Crippen LogP contribution in [0.25, 0.3) is 11.2 Å². The van der Waals surface area contributed by atoms with Gasteiger partial charge in [0.15, 0.2) is 5.65 Å². The van der Waals surface area contributed by atoms with Crippen molar-refractivity contribution in [3.05, 3.63) is 23.1 Å².